The molecule has 0 fully saturated rings. The average Bonchev–Trinajstić information content (AvgIpc) is 2.47. The van der Waals surface area contributed by atoms with Crippen LogP contribution in [0.25, 0.3) is 0 Å². The van der Waals surface area contributed by atoms with Crippen LogP contribution < -0.4 is 10.5 Å². The van der Waals surface area contributed by atoms with Gasteiger partial charge in [0.2, 0.25) is 0 Å². The van der Waals surface area contributed by atoms with Crippen LogP contribution in [-0.2, 0) is 12.7 Å². The number of rotatable bonds is 3. The van der Waals surface area contributed by atoms with E-state index in [2.05, 4.69) is 0 Å². The summed E-state index contributed by atoms with van der Waals surface area (Å²) in [6.45, 7) is 0.355. The van der Waals surface area contributed by atoms with Gasteiger partial charge in [0.1, 0.15) is 5.75 Å². The lowest BCUT2D eigenvalue weighted by Gasteiger charge is -2.08. The minimum absolute atomic E-state index is 0.0518. The Morgan fingerprint density at radius 2 is 1.57 bits per heavy atom. The van der Waals surface area contributed by atoms with Crippen LogP contribution in [0.1, 0.15) is 21.5 Å². The van der Waals surface area contributed by atoms with Gasteiger partial charge in [0.15, 0.2) is 0 Å². The Balaban J connectivity index is 2.08. The standard InChI is InChI=1S/C15H12F3NO2/c16-15(17,18)12-5-7-13(8-6-12)21-14(20)11-3-1-10(9-19)2-4-11/h1-8H,9,19H2. The van der Waals surface area contributed by atoms with Gasteiger partial charge in [0, 0.05) is 6.54 Å². The van der Waals surface area contributed by atoms with E-state index >= 15 is 0 Å². The van der Waals surface area contributed by atoms with Crippen molar-refractivity contribution in [3.63, 3.8) is 0 Å². The summed E-state index contributed by atoms with van der Waals surface area (Å²) in [6.07, 6.45) is -4.42. The Bertz CT molecular complexity index is 619. The Morgan fingerprint density at radius 3 is 2.05 bits per heavy atom. The zero-order chi connectivity index (χ0) is 15.5. The number of ether oxygens (including phenoxy) is 1. The van der Waals surface area contributed by atoms with Crippen LogP contribution in [0.5, 0.6) is 5.75 Å². The second-order valence-corrected chi connectivity index (χ2v) is 4.31. The molecule has 21 heavy (non-hydrogen) atoms. The number of hydrogen-bond acceptors (Lipinski definition) is 3. The number of alkyl halides is 3. The third-order valence-electron chi connectivity index (χ3n) is 2.82. The number of hydrogen-bond donors (Lipinski definition) is 1. The highest BCUT2D eigenvalue weighted by Gasteiger charge is 2.30. The van der Waals surface area contributed by atoms with E-state index in [1.165, 1.54) is 0 Å². The number of benzene rings is 2. The summed E-state index contributed by atoms with van der Waals surface area (Å²) in [6, 6.07) is 10.4. The van der Waals surface area contributed by atoms with E-state index in [1.54, 1.807) is 24.3 Å². The van der Waals surface area contributed by atoms with Crippen molar-refractivity contribution in [1.29, 1.82) is 0 Å². The molecule has 0 unspecified atom stereocenters. The zero-order valence-electron chi connectivity index (χ0n) is 10.9. The van der Waals surface area contributed by atoms with Gasteiger partial charge in [-0.3, -0.25) is 0 Å². The summed E-state index contributed by atoms with van der Waals surface area (Å²) < 4.78 is 42.2. The fraction of sp³-hybridized carbons (Fsp3) is 0.133. The first-order chi connectivity index (χ1) is 9.90. The maximum atomic E-state index is 12.4. The van der Waals surface area contributed by atoms with Gasteiger partial charge >= 0.3 is 12.1 Å². The minimum Gasteiger partial charge on any atom is -0.423 e. The molecular formula is C15H12F3NO2. The van der Waals surface area contributed by atoms with E-state index in [0.717, 1.165) is 29.8 Å². The molecule has 0 radical (unpaired) electrons. The largest absolute Gasteiger partial charge is 0.423 e. The van der Waals surface area contributed by atoms with Crippen LogP contribution in [0.4, 0.5) is 13.2 Å². The Kier molecular flexibility index (Phi) is 4.28. The van der Waals surface area contributed by atoms with Crippen molar-refractivity contribution in [1.82, 2.24) is 0 Å². The zero-order valence-corrected chi connectivity index (χ0v) is 10.9. The van der Waals surface area contributed by atoms with Gasteiger partial charge in [-0.25, -0.2) is 4.79 Å². The molecule has 6 heteroatoms. The average molecular weight is 295 g/mol. The van der Waals surface area contributed by atoms with Gasteiger partial charge in [-0.15, -0.1) is 0 Å². The third kappa shape index (κ3) is 3.82. The minimum atomic E-state index is -4.42. The molecule has 2 rings (SSSR count). The van der Waals surface area contributed by atoms with Crippen LogP contribution >= 0.6 is 0 Å². The maximum Gasteiger partial charge on any atom is 0.416 e. The molecule has 2 aromatic carbocycles. The highest BCUT2D eigenvalue weighted by atomic mass is 19.4. The molecule has 2 N–H and O–H groups in total. The number of carbonyl (C=O) groups is 1. The SMILES string of the molecule is NCc1ccc(C(=O)Oc2ccc(C(F)(F)F)cc2)cc1. The Hall–Kier alpha value is -2.34. The maximum absolute atomic E-state index is 12.4. The van der Waals surface area contributed by atoms with Crippen LogP contribution in [0, 0.1) is 0 Å². The summed E-state index contributed by atoms with van der Waals surface area (Å²) in [7, 11) is 0. The predicted octanol–water partition coefficient (Wildman–Crippen LogP) is 3.38. The van der Waals surface area contributed by atoms with E-state index in [0.29, 0.717) is 12.1 Å². The van der Waals surface area contributed by atoms with Gasteiger partial charge in [-0.05, 0) is 42.0 Å². The lowest BCUT2D eigenvalue weighted by molar-refractivity contribution is -0.137. The smallest absolute Gasteiger partial charge is 0.416 e. The van der Waals surface area contributed by atoms with Gasteiger partial charge in [-0.2, -0.15) is 13.2 Å². The third-order valence-corrected chi connectivity index (χ3v) is 2.82. The van der Waals surface area contributed by atoms with Crippen LogP contribution in [-0.4, -0.2) is 5.97 Å². The van der Waals surface area contributed by atoms with E-state index in [4.69, 9.17) is 10.5 Å². The van der Waals surface area contributed by atoms with Crippen LogP contribution in [0.2, 0.25) is 0 Å². The number of carbonyl (C=O) groups excluding carboxylic acids is 1. The molecular weight excluding hydrogens is 283 g/mol. The summed E-state index contributed by atoms with van der Waals surface area (Å²) in [5.74, 6) is -0.589. The molecule has 0 saturated carbocycles. The lowest BCUT2D eigenvalue weighted by atomic mass is 10.1. The monoisotopic (exact) mass is 295 g/mol. The Morgan fingerprint density at radius 1 is 1.00 bits per heavy atom. The molecule has 0 aliphatic rings. The first-order valence-corrected chi connectivity index (χ1v) is 6.08. The van der Waals surface area contributed by atoms with Crippen molar-refractivity contribution in [2.75, 3.05) is 0 Å². The number of esters is 1. The van der Waals surface area contributed by atoms with Crippen molar-refractivity contribution in [3.8, 4) is 5.75 Å². The topological polar surface area (TPSA) is 52.3 Å². The molecule has 0 aliphatic carbocycles. The van der Waals surface area contributed by atoms with E-state index in [1.807, 2.05) is 0 Å². The molecule has 0 saturated heterocycles. The molecule has 0 aromatic heterocycles. The van der Waals surface area contributed by atoms with Crippen LogP contribution in [0.3, 0.4) is 0 Å². The Labute approximate surface area is 119 Å². The molecule has 0 spiro atoms. The number of nitrogens with two attached hydrogens (primary N) is 1. The highest BCUT2D eigenvalue weighted by Crippen LogP contribution is 2.30. The van der Waals surface area contributed by atoms with Gasteiger partial charge in [0.05, 0.1) is 11.1 Å². The van der Waals surface area contributed by atoms with Crippen molar-refractivity contribution >= 4 is 5.97 Å². The summed E-state index contributed by atoms with van der Waals surface area (Å²) in [5, 5.41) is 0. The molecule has 0 aliphatic heterocycles. The molecule has 0 heterocycles. The first-order valence-electron chi connectivity index (χ1n) is 6.08. The van der Waals surface area contributed by atoms with Gasteiger partial charge < -0.3 is 10.5 Å². The van der Waals surface area contributed by atoms with E-state index in [9.17, 15) is 18.0 Å². The second kappa shape index (κ2) is 5.97. The van der Waals surface area contributed by atoms with Crippen molar-refractivity contribution in [2.45, 2.75) is 12.7 Å². The summed E-state index contributed by atoms with van der Waals surface area (Å²) in [5.41, 5.74) is 5.80. The molecule has 0 amide bonds. The fourth-order valence-electron chi connectivity index (χ4n) is 1.65. The van der Waals surface area contributed by atoms with E-state index in [-0.39, 0.29) is 5.75 Å². The van der Waals surface area contributed by atoms with Crippen LogP contribution in [0.15, 0.2) is 48.5 Å². The number of halogens is 3. The molecule has 2 aromatic rings. The fourth-order valence-corrected chi connectivity index (χ4v) is 1.65. The van der Waals surface area contributed by atoms with Crippen molar-refractivity contribution in [2.24, 2.45) is 5.73 Å². The molecule has 3 nitrogen and oxygen atoms in total. The first kappa shape index (κ1) is 15.1. The van der Waals surface area contributed by atoms with Crippen molar-refractivity contribution in [3.05, 3.63) is 65.2 Å². The molecule has 110 valence electrons. The summed E-state index contributed by atoms with van der Waals surface area (Å²) >= 11 is 0. The normalized spacial score (nSPS) is 11.2. The lowest BCUT2D eigenvalue weighted by Crippen LogP contribution is -2.09. The molecule has 0 bridgehead atoms. The van der Waals surface area contributed by atoms with Crippen molar-refractivity contribution < 1.29 is 22.7 Å². The summed E-state index contributed by atoms with van der Waals surface area (Å²) in [4.78, 5) is 11.8. The molecule has 0 atom stereocenters. The predicted molar refractivity (Wildman–Crippen MR) is 70.7 cm³/mol. The second-order valence-electron chi connectivity index (χ2n) is 4.31. The van der Waals surface area contributed by atoms with Gasteiger partial charge in [-0.1, -0.05) is 12.1 Å². The van der Waals surface area contributed by atoms with E-state index < -0.39 is 17.7 Å². The quantitative estimate of drug-likeness (QED) is 0.697. The van der Waals surface area contributed by atoms with Gasteiger partial charge in [0.25, 0.3) is 0 Å². The highest BCUT2D eigenvalue weighted by molar-refractivity contribution is 5.91.